The van der Waals surface area contributed by atoms with Crippen LogP contribution >= 0.6 is 0 Å². The van der Waals surface area contributed by atoms with E-state index in [1.54, 1.807) is 18.3 Å². The van der Waals surface area contributed by atoms with Crippen LogP contribution in [0.2, 0.25) is 0 Å². The highest BCUT2D eigenvalue weighted by molar-refractivity contribution is 5.69. The summed E-state index contributed by atoms with van der Waals surface area (Å²) in [6.07, 6.45) is 1.74. The van der Waals surface area contributed by atoms with Crippen molar-refractivity contribution in [3.05, 3.63) is 47.8 Å². The molecular weight excluding hydrogens is 238 g/mol. The summed E-state index contributed by atoms with van der Waals surface area (Å²) in [6, 6.07) is 9.27. The van der Waals surface area contributed by atoms with Gasteiger partial charge in [-0.25, -0.2) is 0 Å². The molecule has 0 atom stereocenters. The van der Waals surface area contributed by atoms with Gasteiger partial charge in [-0.3, -0.25) is 4.98 Å². The first-order chi connectivity index (χ1) is 9.17. The van der Waals surface area contributed by atoms with Gasteiger partial charge in [0.05, 0.1) is 11.4 Å². The average Bonchev–Trinajstić information content (AvgIpc) is 2.44. The number of hydrogen-bond acceptors (Lipinski definition) is 4. The van der Waals surface area contributed by atoms with Crippen LogP contribution in [0, 0.1) is 6.92 Å². The summed E-state index contributed by atoms with van der Waals surface area (Å²) in [4.78, 5) is 6.43. The zero-order valence-corrected chi connectivity index (χ0v) is 11.3. The van der Waals surface area contributed by atoms with Gasteiger partial charge in [0.1, 0.15) is 5.75 Å². The third-order valence-electron chi connectivity index (χ3n) is 3.15. The van der Waals surface area contributed by atoms with E-state index in [1.807, 2.05) is 25.1 Å². The molecule has 2 rings (SSSR count). The Morgan fingerprint density at radius 3 is 2.74 bits per heavy atom. The molecule has 4 nitrogen and oxygen atoms in total. The van der Waals surface area contributed by atoms with Gasteiger partial charge in [-0.15, -0.1) is 0 Å². The van der Waals surface area contributed by atoms with Gasteiger partial charge in [0.2, 0.25) is 0 Å². The Kier molecular flexibility index (Phi) is 4.02. The first kappa shape index (κ1) is 13.4. The fraction of sp³-hybridized carbons (Fsp3) is 0.267. The summed E-state index contributed by atoms with van der Waals surface area (Å²) in [5.41, 5.74) is 9.67. The molecule has 0 aliphatic heterocycles. The number of anilines is 2. The normalized spacial score (nSPS) is 10.5. The Hall–Kier alpha value is -2.07. The van der Waals surface area contributed by atoms with E-state index >= 15 is 0 Å². The maximum Gasteiger partial charge on any atom is 0.117 e. The zero-order valence-electron chi connectivity index (χ0n) is 11.3. The van der Waals surface area contributed by atoms with E-state index in [0.717, 1.165) is 29.2 Å². The van der Waals surface area contributed by atoms with Gasteiger partial charge in [-0.1, -0.05) is 6.07 Å². The quantitative estimate of drug-likeness (QED) is 0.884. The molecule has 0 saturated carbocycles. The summed E-state index contributed by atoms with van der Waals surface area (Å²) in [5, 5.41) is 9.69. The van der Waals surface area contributed by atoms with Gasteiger partial charge in [0.15, 0.2) is 0 Å². The van der Waals surface area contributed by atoms with Crippen LogP contribution in [-0.4, -0.2) is 16.6 Å². The fourth-order valence-corrected chi connectivity index (χ4v) is 2.19. The summed E-state index contributed by atoms with van der Waals surface area (Å²) in [7, 11) is 0. The Morgan fingerprint density at radius 2 is 2.05 bits per heavy atom. The van der Waals surface area contributed by atoms with Crippen molar-refractivity contribution in [2.75, 3.05) is 11.4 Å². The molecule has 0 radical (unpaired) electrons. The van der Waals surface area contributed by atoms with Crippen LogP contribution in [0.4, 0.5) is 11.4 Å². The number of pyridine rings is 1. The first-order valence-corrected chi connectivity index (χ1v) is 6.38. The van der Waals surface area contributed by atoms with Gasteiger partial charge in [0, 0.05) is 31.0 Å². The Labute approximate surface area is 113 Å². The fourth-order valence-electron chi connectivity index (χ4n) is 2.19. The highest BCUT2D eigenvalue weighted by Crippen LogP contribution is 2.32. The zero-order chi connectivity index (χ0) is 13.8. The van der Waals surface area contributed by atoms with Crippen LogP contribution < -0.4 is 10.6 Å². The molecule has 1 aromatic carbocycles. The Balaban J connectivity index is 2.53. The van der Waals surface area contributed by atoms with E-state index in [9.17, 15) is 5.11 Å². The van der Waals surface area contributed by atoms with Crippen molar-refractivity contribution in [2.24, 2.45) is 5.73 Å². The number of benzene rings is 1. The lowest BCUT2D eigenvalue weighted by Gasteiger charge is -2.26. The summed E-state index contributed by atoms with van der Waals surface area (Å²) < 4.78 is 0. The molecule has 0 aliphatic rings. The van der Waals surface area contributed by atoms with Gasteiger partial charge < -0.3 is 15.7 Å². The molecule has 4 heteroatoms. The predicted octanol–water partition coefficient (Wildman–Crippen LogP) is 2.71. The number of nitrogens with zero attached hydrogens (tertiary/aromatic N) is 2. The van der Waals surface area contributed by atoms with Crippen LogP contribution in [0.3, 0.4) is 0 Å². The van der Waals surface area contributed by atoms with E-state index in [-0.39, 0.29) is 5.75 Å². The molecule has 0 spiro atoms. The van der Waals surface area contributed by atoms with Crippen LogP contribution in [0.25, 0.3) is 0 Å². The Bertz CT molecular complexity index is 569. The highest BCUT2D eigenvalue weighted by Gasteiger charge is 2.14. The van der Waals surface area contributed by atoms with Crippen LogP contribution in [0.5, 0.6) is 5.75 Å². The van der Waals surface area contributed by atoms with Gasteiger partial charge in [0.25, 0.3) is 0 Å². The van der Waals surface area contributed by atoms with Gasteiger partial charge in [-0.2, -0.15) is 0 Å². The second-order valence-electron chi connectivity index (χ2n) is 4.39. The molecule has 19 heavy (non-hydrogen) atoms. The van der Waals surface area contributed by atoms with E-state index in [1.165, 1.54) is 0 Å². The van der Waals surface area contributed by atoms with Crippen molar-refractivity contribution in [2.45, 2.75) is 20.4 Å². The molecule has 0 amide bonds. The van der Waals surface area contributed by atoms with Crippen molar-refractivity contribution in [1.82, 2.24) is 4.98 Å². The lowest BCUT2D eigenvalue weighted by molar-refractivity contribution is 0.475. The van der Waals surface area contributed by atoms with Crippen LogP contribution in [0.15, 0.2) is 36.5 Å². The van der Waals surface area contributed by atoms with E-state index in [0.29, 0.717) is 6.54 Å². The topological polar surface area (TPSA) is 62.4 Å². The van der Waals surface area contributed by atoms with Crippen molar-refractivity contribution in [1.29, 1.82) is 0 Å². The number of nitrogens with two attached hydrogens (primary N) is 1. The van der Waals surface area contributed by atoms with Crippen LogP contribution in [-0.2, 0) is 6.54 Å². The third-order valence-corrected chi connectivity index (χ3v) is 3.15. The third kappa shape index (κ3) is 2.69. The SMILES string of the molecule is CCN(c1cc(O)ccc1C)c1cccnc1CN. The maximum absolute atomic E-state index is 9.69. The number of aryl methyl sites for hydroxylation is 1. The maximum atomic E-state index is 9.69. The minimum atomic E-state index is 0.261. The minimum absolute atomic E-state index is 0.261. The monoisotopic (exact) mass is 257 g/mol. The van der Waals surface area contributed by atoms with E-state index < -0.39 is 0 Å². The second kappa shape index (κ2) is 5.71. The largest absolute Gasteiger partial charge is 0.508 e. The Morgan fingerprint density at radius 1 is 1.26 bits per heavy atom. The summed E-state index contributed by atoms with van der Waals surface area (Å²) >= 11 is 0. The van der Waals surface area contributed by atoms with Crippen LogP contribution in [0.1, 0.15) is 18.2 Å². The molecule has 0 unspecified atom stereocenters. The van der Waals surface area contributed by atoms with E-state index in [4.69, 9.17) is 5.73 Å². The number of aromatic hydroxyl groups is 1. The molecule has 1 aromatic heterocycles. The van der Waals surface area contributed by atoms with Gasteiger partial charge in [-0.05, 0) is 37.6 Å². The van der Waals surface area contributed by atoms with Crippen molar-refractivity contribution < 1.29 is 5.11 Å². The first-order valence-electron chi connectivity index (χ1n) is 6.38. The van der Waals surface area contributed by atoms with Crippen molar-refractivity contribution in [3.63, 3.8) is 0 Å². The summed E-state index contributed by atoms with van der Waals surface area (Å²) in [5.74, 6) is 0.261. The van der Waals surface area contributed by atoms with Gasteiger partial charge >= 0.3 is 0 Å². The number of hydrogen-bond donors (Lipinski definition) is 2. The van der Waals surface area contributed by atoms with E-state index in [2.05, 4.69) is 16.8 Å². The minimum Gasteiger partial charge on any atom is -0.508 e. The number of phenols is 1. The molecule has 0 fully saturated rings. The molecular formula is C15H19N3O. The molecule has 1 heterocycles. The lowest BCUT2D eigenvalue weighted by Crippen LogP contribution is -2.20. The molecule has 0 aliphatic carbocycles. The standard InChI is InChI=1S/C15H19N3O/c1-3-18(14-5-4-8-17-13(14)10-16)15-9-12(19)7-6-11(15)2/h4-9,19H,3,10,16H2,1-2H3. The number of aromatic nitrogens is 1. The molecule has 3 N–H and O–H groups in total. The lowest BCUT2D eigenvalue weighted by atomic mass is 10.1. The average molecular weight is 257 g/mol. The molecule has 0 saturated heterocycles. The summed E-state index contributed by atoms with van der Waals surface area (Å²) in [6.45, 7) is 5.26. The molecule has 0 bridgehead atoms. The molecule has 100 valence electrons. The molecule has 2 aromatic rings. The van der Waals surface area contributed by atoms with Crippen molar-refractivity contribution in [3.8, 4) is 5.75 Å². The van der Waals surface area contributed by atoms with Crippen molar-refractivity contribution >= 4 is 11.4 Å². The number of rotatable bonds is 4. The highest BCUT2D eigenvalue weighted by atomic mass is 16.3. The second-order valence-corrected chi connectivity index (χ2v) is 4.39. The smallest absolute Gasteiger partial charge is 0.117 e. The number of phenolic OH excluding ortho intramolecular Hbond substituents is 1. The predicted molar refractivity (Wildman–Crippen MR) is 77.7 cm³/mol.